The molecule has 0 aliphatic rings. The van der Waals surface area contributed by atoms with Crippen LogP contribution in [0.25, 0.3) is 11.6 Å². The summed E-state index contributed by atoms with van der Waals surface area (Å²) in [6.07, 6.45) is 0. The van der Waals surface area contributed by atoms with Crippen LogP contribution in [0.4, 0.5) is 5.88 Å². The van der Waals surface area contributed by atoms with Crippen molar-refractivity contribution in [3.63, 3.8) is 0 Å². The van der Waals surface area contributed by atoms with Crippen LogP contribution in [-0.2, 0) is 0 Å². The summed E-state index contributed by atoms with van der Waals surface area (Å²) in [6.45, 7) is 1.74. The molecule has 6 nitrogen and oxygen atoms in total. The zero-order valence-electron chi connectivity index (χ0n) is 7.31. The zero-order chi connectivity index (χ0) is 10.1. The van der Waals surface area contributed by atoms with Crippen molar-refractivity contribution in [2.75, 3.05) is 5.73 Å². The van der Waals surface area contributed by atoms with Crippen LogP contribution < -0.4 is 5.73 Å². The van der Waals surface area contributed by atoms with Crippen LogP contribution in [0.2, 0.25) is 0 Å². The fraction of sp³-hybridized carbons (Fsp3) is 0.125. The highest BCUT2D eigenvalue weighted by Gasteiger charge is 2.14. The van der Waals surface area contributed by atoms with Gasteiger partial charge in [-0.25, -0.2) is 0 Å². The van der Waals surface area contributed by atoms with Crippen LogP contribution in [0, 0.1) is 18.3 Å². The monoisotopic (exact) mass is 190 g/mol. The molecule has 0 amide bonds. The molecule has 0 saturated heterocycles. The van der Waals surface area contributed by atoms with E-state index in [2.05, 4.69) is 10.1 Å². The van der Waals surface area contributed by atoms with Crippen LogP contribution in [-0.4, -0.2) is 10.1 Å². The van der Waals surface area contributed by atoms with Crippen molar-refractivity contribution >= 4 is 5.88 Å². The summed E-state index contributed by atoms with van der Waals surface area (Å²) < 4.78 is 9.85. The Labute approximate surface area is 78.9 Å². The summed E-state index contributed by atoms with van der Waals surface area (Å²) in [5.41, 5.74) is 5.87. The van der Waals surface area contributed by atoms with Gasteiger partial charge in [-0.15, -0.1) is 0 Å². The van der Waals surface area contributed by atoms with E-state index in [1.807, 2.05) is 0 Å². The number of nitrogen functional groups attached to an aromatic ring is 1. The molecule has 2 rings (SSSR count). The second kappa shape index (κ2) is 2.88. The molecular weight excluding hydrogens is 184 g/mol. The third-order valence-corrected chi connectivity index (χ3v) is 1.61. The van der Waals surface area contributed by atoms with Gasteiger partial charge in [0, 0.05) is 6.07 Å². The van der Waals surface area contributed by atoms with Gasteiger partial charge in [-0.05, 0) is 6.92 Å². The lowest BCUT2D eigenvalue weighted by Crippen LogP contribution is -1.84. The molecule has 2 aromatic heterocycles. The number of hydrogen-bond donors (Lipinski definition) is 1. The molecule has 2 aromatic rings. The number of nitrogens with zero attached hydrogens (tertiary/aromatic N) is 3. The average molecular weight is 190 g/mol. The van der Waals surface area contributed by atoms with Crippen LogP contribution >= 0.6 is 0 Å². The maximum absolute atomic E-state index is 8.59. The fourth-order valence-electron chi connectivity index (χ4n) is 0.989. The topological polar surface area (TPSA) is 102 Å². The molecule has 0 aliphatic carbocycles. The molecule has 2 heterocycles. The average Bonchev–Trinajstić information content (AvgIpc) is 2.71. The summed E-state index contributed by atoms with van der Waals surface area (Å²) in [7, 11) is 0. The largest absolute Gasteiger partial charge is 0.418 e. The quantitative estimate of drug-likeness (QED) is 0.722. The van der Waals surface area contributed by atoms with Gasteiger partial charge >= 0.3 is 0 Å². The van der Waals surface area contributed by atoms with E-state index in [0.717, 1.165) is 0 Å². The molecule has 0 spiro atoms. The highest BCUT2D eigenvalue weighted by Crippen LogP contribution is 2.22. The highest BCUT2D eigenvalue weighted by atomic mass is 16.5. The Morgan fingerprint density at radius 1 is 1.57 bits per heavy atom. The third kappa shape index (κ3) is 1.21. The number of oxazole rings is 1. The first-order valence-corrected chi connectivity index (χ1v) is 3.81. The molecule has 0 aliphatic heterocycles. The van der Waals surface area contributed by atoms with Gasteiger partial charge in [-0.3, -0.25) is 0 Å². The first kappa shape index (κ1) is 8.31. The molecule has 70 valence electrons. The van der Waals surface area contributed by atoms with E-state index in [1.54, 1.807) is 19.1 Å². The lowest BCUT2D eigenvalue weighted by molar-refractivity contribution is 0.397. The third-order valence-electron chi connectivity index (χ3n) is 1.61. The predicted molar refractivity (Wildman–Crippen MR) is 45.9 cm³/mol. The Morgan fingerprint density at radius 3 is 2.86 bits per heavy atom. The van der Waals surface area contributed by atoms with Gasteiger partial charge in [0.1, 0.15) is 11.8 Å². The number of hydrogen-bond acceptors (Lipinski definition) is 6. The molecule has 2 N–H and O–H groups in total. The molecule has 0 fully saturated rings. The van der Waals surface area contributed by atoms with Crippen molar-refractivity contribution < 1.29 is 8.94 Å². The molecule has 0 bridgehead atoms. The minimum Gasteiger partial charge on any atom is -0.418 e. The number of aromatic nitrogens is 2. The Hall–Kier alpha value is -2.29. The normalized spacial score (nSPS) is 10.0. The van der Waals surface area contributed by atoms with E-state index >= 15 is 0 Å². The fourth-order valence-corrected chi connectivity index (χ4v) is 0.989. The van der Waals surface area contributed by atoms with E-state index in [1.165, 1.54) is 0 Å². The van der Waals surface area contributed by atoms with E-state index in [0.29, 0.717) is 11.5 Å². The molecule has 14 heavy (non-hydrogen) atoms. The Kier molecular flexibility index (Phi) is 1.71. The van der Waals surface area contributed by atoms with Crippen LogP contribution in [0.3, 0.4) is 0 Å². The van der Waals surface area contributed by atoms with Crippen molar-refractivity contribution in [1.82, 2.24) is 10.1 Å². The predicted octanol–water partition coefficient (Wildman–Crippen LogP) is 1.09. The number of nitrogens with two attached hydrogens (primary N) is 1. The molecular formula is C8H6N4O2. The Morgan fingerprint density at radius 2 is 2.36 bits per heavy atom. The number of aryl methyl sites for hydroxylation is 1. The van der Waals surface area contributed by atoms with Crippen molar-refractivity contribution in [3.05, 3.63) is 17.5 Å². The van der Waals surface area contributed by atoms with Gasteiger partial charge in [0.2, 0.25) is 11.6 Å². The van der Waals surface area contributed by atoms with Gasteiger partial charge in [0.25, 0.3) is 5.89 Å². The summed E-state index contributed by atoms with van der Waals surface area (Å²) in [5.74, 6) is 0.814. The van der Waals surface area contributed by atoms with Crippen LogP contribution in [0.1, 0.15) is 11.5 Å². The summed E-state index contributed by atoms with van der Waals surface area (Å²) in [5, 5.41) is 12.3. The lowest BCUT2D eigenvalue weighted by atomic mass is 10.4. The van der Waals surface area contributed by atoms with E-state index in [4.69, 9.17) is 19.9 Å². The van der Waals surface area contributed by atoms with Gasteiger partial charge in [-0.2, -0.15) is 10.2 Å². The molecule has 0 saturated carbocycles. The highest BCUT2D eigenvalue weighted by molar-refractivity contribution is 5.53. The Balaban J connectivity index is 2.48. The van der Waals surface area contributed by atoms with Crippen LogP contribution in [0.15, 0.2) is 15.0 Å². The molecule has 6 heteroatoms. The molecule has 0 radical (unpaired) electrons. The van der Waals surface area contributed by atoms with Gasteiger partial charge < -0.3 is 14.7 Å². The first-order valence-electron chi connectivity index (χ1n) is 3.81. The van der Waals surface area contributed by atoms with E-state index in [-0.39, 0.29) is 17.5 Å². The number of anilines is 1. The smallest absolute Gasteiger partial charge is 0.252 e. The lowest BCUT2D eigenvalue weighted by Gasteiger charge is -1.82. The molecule has 0 unspecified atom stereocenters. The maximum atomic E-state index is 8.59. The minimum atomic E-state index is -0.0110. The zero-order valence-corrected chi connectivity index (χ0v) is 7.31. The van der Waals surface area contributed by atoms with Crippen molar-refractivity contribution in [2.24, 2.45) is 0 Å². The molecule has 0 aromatic carbocycles. The number of rotatable bonds is 1. The Bertz CT molecular complexity index is 506. The van der Waals surface area contributed by atoms with Gasteiger partial charge in [0.15, 0.2) is 5.69 Å². The maximum Gasteiger partial charge on any atom is 0.252 e. The SMILES string of the molecule is Cc1cc(-c2nc(C#N)c(N)o2)no1. The number of nitriles is 1. The second-order valence-corrected chi connectivity index (χ2v) is 2.67. The summed E-state index contributed by atoms with van der Waals surface area (Å²) in [4.78, 5) is 3.84. The van der Waals surface area contributed by atoms with Crippen molar-refractivity contribution in [3.8, 4) is 17.7 Å². The second-order valence-electron chi connectivity index (χ2n) is 2.67. The van der Waals surface area contributed by atoms with Gasteiger partial charge in [0.05, 0.1) is 0 Å². The molecule has 0 atom stereocenters. The van der Waals surface area contributed by atoms with Gasteiger partial charge in [-0.1, -0.05) is 5.16 Å². The summed E-state index contributed by atoms with van der Waals surface area (Å²) in [6, 6.07) is 3.45. The van der Waals surface area contributed by atoms with Crippen LogP contribution in [0.5, 0.6) is 0 Å². The summed E-state index contributed by atoms with van der Waals surface area (Å²) >= 11 is 0. The first-order chi connectivity index (χ1) is 6.70. The van der Waals surface area contributed by atoms with E-state index in [9.17, 15) is 0 Å². The van der Waals surface area contributed by atoms with E-state index < -0.39 is 0 Å². The van der Waals surface area contributed by atoms with Crippen molar-refractivity contribution in [2.45, 2.75) is 6.92 Å². The standard InChI is InChI=1S/C8H6N4O2/c1-4-2-5(12-14-4)8-11-6(3-9)7(10)13-8/h2H,10H2,1H3. The minimum absolute atomic E-state index is 0.0110. The van der Waals surface area contributed by atoms with Crippen molar-refractivity contribution in [1.29, 1.82) is 5.26 Å².